The molecule has 3 N–H and O–H groups in total. The van der Waals surface area contributed by atoms with E-state index in [1.807, 2.05) is 4.98 Å². The zero-order valence-electron chi connectivity index (χ0n) is 9.06. The Morgan fingerprint density at radius 3 is 2.78 bits per heavy atom. The second kappa shape index (κ2) is 4.79. The van der Waals surface area contributed by atoms with Crippen LogP contribution in [0, 0.1) is 0 Å². The van der Waals surface area contributed by atoms with E-state index in [4.69, 9.17) is 5.11 Å². The largest absolute Gasteiger partial charge is 0.392 e. The Kier molecular flexibility index (Phi) is 3.51. The van der Waals surface area contributed by atoms with E-state index in [0.29, 0.717) is 0 Å². The summed E-state index contributed by atoms with van der Waals surface area (Å²) in [6, 6.07) is -1.01. The van der Waals surface area contributed by atoms with Crippen LogP contribution in [-0.2, 0) is 0 Å². The first-order valence-corrected chi connectivity index (χ1v) is 5.93. The number of nitrogens with zero attached hydrogens (tertiary/aromatic N) is 1. The van der Waals surface area contributed by atoms with Gasteiger partial charge >= 0.3 is 5.69 Å². The van der Waals surface area contributed by atoms with E-state index < -0.39 is 35.8 Å². The topological polar surface area (TPSA) is 95.3 Å². The predicted molar refractivity (Wildman–Crippen MR) is 63.9 cm³/mol. The fourth-order valence-corrected chi connectivity index (χ4v) is 2.26. The summed E-state index contributed by atoms with van der Waals surface area (Å²) in [6.07, 6.45) is -0.0175. The normalized spacial score (nSPS) is 23.8. The van der Waals surface area contributed by atoms with Gasteiger partial charge in [0.25, 0.3) is 5.56 Å². The van der Waals surface area contributed by atoms with Crippen molar-refractivity contribution in [3.63, 3.8) is 0 Å². The van der Waals surface area contributed by atoms with Gasteiger partial charge in [-0.2, -0.15) is 0 Å². The van der Waals surface area contributed by atoms with E-state index >= 15 is 0 Å². The van der Waals surface area contributed by atoms with Gasteiger partial charge in [0.05, 0.1) is 23.2 Å². The molecular weight excluding hydrogens is 311 g/mol. The maximum Gasteiger partial charge on any atom is 0.329 e. The average molecular weight is 321 g/mol. The molecule has 1 aliphatic carbocycles. The molecule has 2 unspecified atom stereocenters. The molecule has 0 saturated carbocycles. The third kappa shape index (κ3) is 2.06. The first-order chi connectivity index (χ1) is 8.45. The summed E-state index contributed by atoms with van der Waals surface area (Å²) in [7, 11) is 0. The Morgan fingerprint density at radius 2 is 2.22 bits per heavy atom. The Bertz CT molecular complexity index is 621. The summed E-state index contributed by atoms with van der Waals surface area (Å²) in [6.45, 7) is -0.608. The number of H-pyrrole nitrogens is 1. The van der Waals surface area contributed by atoms with Crippen molar-refractivity contribution >= 4 is 15.9 Å². The molecule has 1 aromatic heterocycles. The molecular formula is C10H10BrFN2O4. The Labute approximate surface area is 109 Å². The summed E-state index contributed by atoms with van der Waals surface area (Å²) in [5.74, 6) is -0.744. The average Bonchev–Trinajstić information content (AvgIpc) is 2.59. The van der Waals surface area contributed by atoms with Crippen molar-refractivity contribution in [1.29, 1.82) is 0 Å². The number of nitrogens with one attached hydrogen (secondary N) is 1. The zero-order valence-corrected chi connectivity index (χ0v) is 10.6. The molecule has 2 atom stereocenters. The number of aromatic amines is 1. The Hall–Kier alpha value is -1.25. The lowest BCUT2D eigenvalue weighted by molar-refractivity contribution is 0.181. The highest BCUT2D eigenvalue weighted by molar-refractivity contribution is 9.10. The highest BCUT2D eigenvalue weighted by atomic mass is 79.9. The van der Waals surface area contributed by atoms with Gasteiger partial charge in [0, 0.05) is 18.2 Å². The minimum atomic E-state index is -1.13. The summed E-state index contributed by atoms with van der Waals surface area (Å²) < 4.78 is 15.0. The van der Waals surface area contributed by atoms with E-state index in [-0.39, 0.29) is 16.5 Å². The number of aliphatic hydroxyl groups is 2. The first kappa shape index (κ1) is 13.2. The molecule has 1 heterocycles. The van der Waals surface area contributed by atoms with Gasteiger partial charge < -0.3 is 10.2 Å². The molecule has 6 nitrogen and oxygen atoms in total. The molecule has 0 saturated heterocycles. The third-order valence-corrected chi connectivity index (χ3v) is 3.44. The van der Waals surface area contributed by atoms with Gasteiger partial charge in [-0.25, -0.2) is 9.18 Å². The lowest BCUT2D eigenvalue weighted by atomic mass is 10.2. The number of hydrogen-bond acceptors (Lipinski definition) is 4. The van der Waals surface area contributed by atoms with Gasteiger partial charge in [-0.15, -0.1) is 0 Å². The van der Waals surface area contributed by atoms with Crippen LogP contribution < -0.4 is 11.2 Å². The van der Waals surface area contributed by atoms with E-state index in [1.165, 1.54) is 6.20 Å². The molecule has 1 aliphatic rings. The molecule has 0 aromatic carbocycles. The van der Waals surface area contributed by atoms with Crippen LogP contribution in [0.2, 0.25) is 0 Å². The molecule has 1 aromatic rings. The smallest absolute Gasteiger partial charge is 0.329 e. The number of rotatable bonds is 2. The SMILES string of the molecule is O=c1[nH]c(=O)n(C2CC(O)C(CO)=C2F)cc1Br. The molecule has 0 spiro atoms. The maximum atomic E-state index is 13.9. The van der Waals surface area contributed by atoms with Crippen molar-refractivity contribution in [2.24, 2.45) is 0 Å². The zero-order chi connectivity index (χ0) is 13.4. The van der Waals surface area contributed by atoms with Crippen LogP contribution in [0.1, 0.15) is 12.5 Å². The summed E-state index contributed by atoms with van der Waals surface area (Å²) in [5.41, 5.74) is -1.51. The number of aliphatic hydroxyl groups excluding tert-OH is 2. The van der Waals surface area contributed by atoms with E-state index in [2.05, 4.69) is 15.9 Å². The fraction of sp³-hybridized carbons (Fsp3) is 0.400. The molecule has 0 aliphatic heterocycles. The summed E-state index contributed by atoms with van der Waals surface area (Å²) >= 11 is 2.94. The van der Waals surface area contributed by atoms with Crippen LogP contribution in [0.3, 0.4) is 0 Å². The molecule has 8 heteroatoms. The van der Waals surface area contributed by atoms with Crippen LogP contribution in [0.25, 0.3) is 0 Å². The van der Waals surface area contributed by atoms with Crippen molar-refractivity contribution in [1.82, 2.24) is 9.55 Å². The lowest BCUT2D eigenvalue weighted by Crippen LogP contribution is -2.32. The number of hydrogen-bond donors (Lipinski definition) is 3. The Morgan fingerprint density at radius 1 is 1.56 bits per heavy atom. The number of aromatic nitrogens is 2. The van der Waals surface area contributed by atoms with E-state index in [9.17, 15) is 19.1 Å². The van der Waals surface area contributed by atoms with Crippen molar-refractivity contribution < 1.29 is 14.6 Å². The van der Waals surface area contributed by atoms with Gasteiger partial charge in [-0.1, -0.05) is 0 Å². The fourth-order valence-electron chi connectivity index (χ4n) is 1.94. The van der Waals surface area contributed by atoms with Crippen molar-refractivity contribution in [2.45, 2.75) is 18.6 Å². The molecule has 98 valence electrons. The minimum absolute atomic E-state index is 0.0554. The first-order valence-electron chi connectivity index (χ1n) is 5.14. The summed E-state index contributed by atoms with van der Waals surface area (Å²) in [5, 5.41) is 18.5. The maximum absolute atomic E-state index is 13.9. The van der Waals surface area contributed by atoms with Gasteiger partial charge in [-0.3, -0.25) is 14.3 Å². The predicted octanol–water partition coefficient (Wildman–Crippen LogP) is -0.179. The third-order valence-electron chi connectivity index (χ3n) is 2.88. The van der Waals surface area contributed by atoms with Crippen molar-refractivity contribution in [3.8, 4) is 0 Å². The van der Waals surface area contributed by atoms with Crippen LogP contribution in [-0.4, -0.2) is 32.5 Å². The minimum Gasteiger partial charge on any atom is -0.392 e. The second-order valence-corrected chi connectivity index (χ2v) is 4.80. The molecule has 18 heavy (non-hydrogen) atoms. The van der Waals surface area contributed by atoms with Crippen LogP contribution in [0.4, 0.5) is 4.39 Å². The van der Waals surface area contributed by atoms with Crippen LogP contribution >= 0.6 is 15.9 Å². The lowest BCUT2D eigenvalue weighted by Gasteiger charge is -2.13. The monoisotopic (exact) mass is 320 g/mol. The second-order valence-electron chi connectivity index (χ2n) is 3.94. The standard InChI is InChI=1S/C10H10BrFN2O4/c11-5-2-14(10(18)13-9(5)17)6-1-7(16)4(3-15)8(6)12/h2,6-7,15-16H,1,3H2,(H,13,17,18). The number of halogens is 2. The van der Waals surface area contributed by atoms with Crippen molar-refractivity contribution in [2.75, 3.05) is 6.61 Å². The molecule has 0 bridgehead atoms. The van der Waals surface area contributed by atoms with E-state index in [1.54, 1.807) is 0 Å². The molecule has 2 rings (SSSR count). The van der Waals surface area contributed by atoms with Crippen LogP contribution in [0.5, 0.6) is 0 Å². The van der Waals surface area contributed by atoms with Crippen molar-refractivity contribution in [3.05, 3.63) is 42.9 Å². The highest BCUT2D eigenvalue weighted by Crippen LogP contribution is 2.35. The molecule has 0 amide bonds. The van der Waals surface area contributed by atoms with Gasteiger partial charge in [-0.05, 0) is 15.9 Å². The molecule has 0 radical (unpaired) electrons. The summed E-state index contributed by atoms with van der Waals surface area (Å²) in [4.78, 5) is 24.8. The van der Waals surface area contributed by atoms with E-state index in [0.717, 1.165) is 4.57 Å². The quantitative estimate of drug-likeness (QED) is 0.704. The highest BCUT2D eigenvalue weighted by Gasteiger charge is 2.34. The van der Waals surface area contributed by atoms with Crippen LogP contribution in [0.15, 0.2) is 31.7 Å². The van der Waals surface area contributed by atoms with Gasteiger partial charge in [0.1, 0.15) is 5.83 Å². The van der Waals surface area contributed by atoms with Gasteiger partial charge in [0.15, 0.2) is 0 Å². The number of allylic oxidation sites excluding steroid dienone is 1. The Balaban J connectivity index is 2.52. The molecule has 0 fully saturated rings. The van der Waals surface area contributed by atoms with Gasteiger partial charge in [0.2, 0.25) is 0 Å².